The van der Waals surface area contributed by atoms with Crippen molar-refractivity contribution in [1.29, 1.82) is 0 Å². The van der Waals surface area contributed by atoms with Crippen molar-refractivity contribution in [3.63, 3.8) is 0 Å². The minimum Gasteiger partial charge on any atom is -0.423 e. The van der Waals surface area contributed by atoms with Gasteiger partial charge in [-0.3, -0.25) is 0 Å². The zero-order valence-corrected chi connectivity index (χ0v) is 9.53. The van der Waals surface area contributed by atoms with Crippen molar-refractivity contribution in [3.05, 3.63) is 11.8 Å². The number of hydrogen-bond acceptors (Lipinski definition) is 4. The molecule has 4 nitrogen and oxygen atoms in total. The second-order valence-electron chi connectivity index (χ2n) is 4.97. The lowest BCUT2D eigenvalue weighted by Crippen LogP contribution is -2.17. The van der Waals surface area contributed by atoms with E-state index in [0.717, 1.165) is 0 Å². The molecule has 0 fully saturated rings. The maximum absolute atomic E-state index is 5.90. The zero-order chi connectivity index (χ0) is 10.9. The number of rotatable bonds is 2. The highest BCUT2D eigenvalue weighted by molar-refractivity contribution is 4.98. The van der Waals surface area contributed by atoms with Gasteiger partial charge in [-0.15, -0.1) is 10.2 Å². The molecular weight excluding hydrogens is 178 g/mol. The Morgan fingerprint density at radius 3 is 2.14 bits per heavy atom. The number of aromatic nitrogens is 2. The van der Waals surface area contributed by atoms with Crippen LogP contribution in [0.3, 0.4) is 0 Å². The van der Waals surface area contributed by atoms with Crippen molar-refractivity contribution < 1.29 is 4.42 Å². The van der Waals surface area contributed by atoms with Crippen LogP contribution in [-0.4, -0.2) is 10.2 Å². The molecule has 0 saturated heterocycles. The third kappa shape index (κ3) is 2.32. The Labute approximate surface area is 84.9 Å². The summed E-state index contributed by atoms with van der Waals surface area (Å²) in [7, 11) is 0. The molecule has 1 heterocycles. The van der Waals surface area contributed by atoms with E-state index in [9.17, 15) is 0 Å². The first-order valence-electron chi connectivity index (χ1n) is 4.92. The second-order valence-corrected chi connectivity index (χ2v) is 4.97. The highest BCUT2D eigenvalue weighted by atomic mass is 16.4. The summed E-state index contributed by atoms with van der Waals surface area (Å²) in [6.07, 6.45) is 0. The Morgan fingerprint density at radius 1 is 1.21 bits per heavy atom. The predicted molar refractivity (Wildman–Crippen MR) is 54.8 cm³/mol. The first kappa shape index (κ1) is 11.2. The van der Waals surface area contributed by atoms with E-state index < -0.39 is 0 Å². The molecule has 1 rings (SSSR count). The van der Waals surface area contributed by atoms with Crippen LogP contribution in [0.25, 0.3) is 0 Å². The van der Waals surface area contributed by atoms with Gasteiger partial charge in [0.1, 0.15) is 0 Å². The van der Waals surface area contributed by atoms with Gasteiger partial charge in [-0.2, -0.15) is 0 Å². The molecule has 0 bridgehead atoms. The van der Waals surface area contributed by atoms with Gasteiger partial charge >= 0.3 is 0 Å². The average Bonchev–Trinajstić information content (AvgIpc) is 2.49. The molecular formula is C10H19N3O. The molecule has 0 aliphatic heterocycles. The highest BCUT2D eigenvalue weighted by Crippen LogP contribution is 2.24. The number of nitrogens with two attached hydrogens (primary N) is 1. The van der Waals surface area contributed by atoms with Crippen LogP contribution in [0.15, 0.2) is 4.42 Å². The second kappa shape index (κ2) is 3.69. The van der Waals surface area contributed by atoms with Crippen LogP contribution in [0.4, 0.5) is 0 Å². The molecule has 14 heavy (non-hydrogen) atoms. The summed E-state index contributed by atoms with van der Waals surface area (Å²) >= 11 is 0. The fourth-order valence-electron chi connectivity index (χ4n) is 0.958. The Balaban J connectivity index is 2.89. The van der Waals surface area contributed by atoms with E-state index in [1.54, 1.807) is 0 Å². The lowest BCUT2D eigenvalue weighted by molar-refractivity contribution is 0.333. The van der Waals surface area contributed by atoms with Crippen molar-refractivity contribution in [1.82, 2.24) is 10.2 Å². The molecule has 0 radical (unpaired) electrons. The van der Waals surface area contributed by atoms with Crippen molar-refractivity contribution in [2.75, 3.05) is 0 Å². The first-order chi connectivity index (χ1) is 6.32. The minimum atomic E-state index is -0.168. The molecule has 80 valence electrons. The molecule has 4 heteroatoms. The van der Waals surface area contributed by atoms with Gasteiger partial charge in [0.2, 0.25) is 11.8 Å². The van der Waals surface area contributed by atoms with Gasteiger partial charge in [-0.25, -0.2) is 0 Å². The molecule has 1 aromatic rings. The van der Waals surface area contributed by atoms with Crippen molar-refractivity contribution in [2.45, 2.75) is 46.1 Å². The molecule has 2 N–H and O–H groups in total. The molecule has 0 spiro atoms. The van der Waals surface area contributed by atoms with E-state index in [4.69, 9.17) is 10.2 Å². The summed E-state index contributed by atoms with van der Waals surface area (Å²) < 4.78 is 5.52. The predicted octanol–water partition coefficient (Wildman–Crippen LogP) is 2.02. The summed E-state index contributed by atoms with van der Waals surface area (Å²) in [5.41, 5.74) is 5.79. The van der Waals surface area contributed by atoms with Gasteiger partial charge in [-0.1, -0.05) is 34.6 Å². The monoisotopic (exact) mass is 197 g/mol. The molecule has 1 aromatic heterocycles. The molecule has 0 aliphatic rings. The maximum atomic E-state index is 5.90. The smallest absolute Gasteiger partial charge is 0.233 e. The van der Waals surface area contributed by atoms with E-state index in [1.165, 1.54) is 0 Å². The molecule has 0 saturated carbocycles. The Kier molecular flexibility index (Phi) is 2.95. The lowest BCUT2D eigenvalue weighted by atomic mass is 9.97. The van der Waals surface area contributed by atoms with Crippen LogP contribution in [-0.2, 0) is 5.41 Å². The fourth-order valence-corrected chi connectivity index (χ4v) is 0.958. The van der Waals surface area contributed by atoms with Crippen LogP contribution < -0.4 is 5.73 Å². The summed E-state index contributed by atoms with van der Waals surface area (Å²) in [5.74, 6) is 1.48. The SMILES string of the molecule is CC(C)C(N)c1nnc(C(C)(C)C)o1. The summed E-state index contributed by atoms with van der Waals surface area (Å²) in [4.78, 5) is 0. The van der Waals surface area contributed by atoms with Gasteiger partial charge in [0.05, 0.1) is 6.04 Å². The third-order valence-corrected chi connectivity index (χ3v) is 2.09. The van der Waals surface area contributed by atoms with Gasteiger partial charge in [0.25, 0.3) is 0 Å². The Morgan fingerprint density at radius 2 is 1.79 bits per heavy atom. The Hall–Kier alpha value is -0.900. The lowest BCUT2D eigenvalue weighted by Gasteiger charge is -2.13. The zero-order valence-electron chi connectivity index (χ0n) is 9.53. The van der Waals surface area contributed by atoms with Gasteiger partial charge in [-0.05, 0) is 5.92 Å². The molecule has 1 unspecified atom stereocenters. The van der Waals surface area contributed by atoms with Crippen LogP contribution in [0.5, 0.6) is 0 Å². The maximum Gasteiger partial charge on any atom is 0.233 e. The van der Waals surface area contributed by atoms with E-state index in [1.807, 2.05) is 34.6 Å². The highest BCUT2D eigenvalue weighted by Gasteiger charge is 2.24. The minimum absolute atomic E-state index is 0.109. The Bertz CT molecular complexity index is 299. The third-order valence-electron chi connectivity index (χ3n) is 2.09. The van der Waals surface area contributed by atoms with Gasteiger partial charge in [0.15, 0.2) is 0 Å². The van der Waals surface area contributed by atoms with Crippen molar-refractivity contribution in [3.8, 4) is 0 Å². The van der Waals surface area contributed by atoms with Crippen molar-refractivity contribution >= 4 is 0 Å². The van der Waals surface area contributed by atoms with Crippen LogP contribution in [0.2, 0.25) is 0 Å². The standard InChI is InChI=1S/C10H19N3O/c1-6(2)7(11)8-12-13-9(14-8)10(3,4)5/h6-7H,11H2,1-5H3. The molecule has 0 amide bonds. The first-order valence-corrected chi connectivity index (χ1v) is 4.92. The average molecular weight is 197 g/mol. The molecule has 1 atom stereocenters. The van der Waals surface area contributed by atoms with E-state index in [-0.39, 0.29) is 11.5 Å². The van der Waals surface area contributed by atoms with E-state index in [0.29, 0.717) is 17.7 Å². The van der Waals surface area contributed by atoms with Crippen LogP contribution in [0.1, 0.15) is 52.4 Å². The molecule has 0 aliphatic carbocycles. The van der Waals surface area contributed by atoms with Gasteiger partial charge in [0, 0.05) is 5.41 Å². The topological polar surface area (TPSA) is 64.9 Å². The van der Waals surface area contributed by atoms with Crippen LogP contribution >= 0.6 is 0 Å². The summed E-state index contributed by atoms with van der Waals surface area (Å²) in [6.45, 7) is 10.2. The quantitative estimate of drug-likeness (QED) is 0.787. The van der Waals surface area contributed by atoms with E-state index in [2.05, 4.69) is 10.2 Å². The largest absolute Gasteiger partial charge is 0.423 e. The summed E-state index contributed by atoms with van der Waals surface area (Å²) in [6, 6.07) is -0.168. The normalized spacial score (nSPS) is 14.8. The van der Waals surface area contributed by atoms with E-state index >= 15 is 0 Å². The van der Waals surface area contributed by atoms with Gasteiger partial charge < -0.3 is 10.2 Å². The summed E-state index contributed by atoms with van der Waals surface area (Å²) in [5, 5.41) is 7.96. The van der Waals surface area contributed by atoms with Crippen LogP contribution in [0, 0.1) is 5.92 Å². The number of nitrogens with zero attached hydrogens (tertiary/aromatic N) is 2. The van der Waals surface area contributed by atoms with Crippen molar-refractivity contribution in [2.24, 2.45) is 11.7 Å². The number of hydrogen-bond donors (Lipinski definition) is 1. The fraction of sp³-hybridized carbons (Fsp3) is 0.800. The molecule has 0 aromatic carbocycles.